The van der Waals surface area contributed by atoms with Crippen LogP contribution in [-0.2, 0) is 6.42 Å². The Labute approximate surface area is 119 Å². The highest BCUT2D eigenvalue weighted by atomic mass is 35.5. The number of aromatic nitrogens is 2. The molecular formula is C15H18ClN3. The fourth-order valence-corrected chi connectivity index (χ4v) is 2.05. The average molecular weight is 276 g/mol. The first kappa shape index (κ1) is 13.8. The Hall–Kier alpha value is -1.61. The summed E-state index contributed by atoms with van der Waals surface area (Å²) in [6.45, 7) is 3.91. The van der Waals surface area contributed by atoms with Crippen LogP contribution in [0.1, 0.15) is 17.0 Å². The molecule has 0 saturated carbocycles. The fraction of sp³-hybridized carbons (Fsp3) is 0.333. The molecule has 0 aliphatic rings. The highest BCUT2D eigenvalue weighted by molar-refractivity contribution is 6.18. The van der Waals surface area contributed by atoms with Gasteiger partial charge in [0.1, 0.15) is 5.82 Å². The third-order valence-corrected chi connectivity index (χ3v) is 3.43. The molecule has 100 valence electrons. The number of nitrogens with one attached hydrogen (secondary N) is 1. The van der Waals surface area contributed by atoms with E-state index in [1.807, 2.05) is 32.0 Å². The van der Waals surface area contributed by atoms with E-state index in [0.717, 1.165) is 23.6 Å². The van der Waals surface area contributed by atoms with Gasteiger partial charge in [0.15, 0.2) is 0 Å². The second-order valence-corrected chi connectivity index (χ2v) is 4.92. The van der Waals surface area contributed by atoms with Crippen molar-refractivity contribution in [3.05, 3.63) is 53.5 Å². The number of anilines is 1. The van der Waals surface area contributed by atoms with Crippen LogP contribution in [0.25, 0.3) is 0 Å². The van der Waals surface area contributed by atoms with Gasteiger partial charge in [0, 0.05) is 11.9 Å². The van der Waals surface area contributed by atoms with Gasteiger partial charge in [-0.2, -0.15) is 0 Å². The highest BCUT2D eigenvalue weighted by Gasteiger charge is 2.09. The second-order valence-electron chi connectivity index (χ2n) is 4.61. The van der Waals surface area contributed by atoms with Crippen molar-refractivity contribution in [3.63, 3.8) is 0 Å². The van der Waals surface area contributed by atoms with Gasteiger partial charge in [-0.05, 0) is 25.8 Å². The fourth-order valence-electron chi connectivity index (χ4n) is 1.86. The Morgan fingerprint density at radius 1 is 1.16 bits per heavy atom. The summed E-state index contributed by atoms with van der Waals surface area (Å²) < 4.78 is 0. The van der Waals surface area contributed by atoms with Gasteiger partial charge < -0.3 is 5.32 Å². The molecule has 0 aliphatic heterocycles. The summed E-state index contributed by atoms with van der Waals surface area (Å²) in [6.07, 6.45) is 2.63. The number of benzene rings is 1. The van der Waals surface area contributed by atoms with Crippen LogP contribution in [-0.4, -0.2) is 21.9 Å². The molecule has 1 heterocycles. The van der Waals surface area contributed by atoms with Crippen LogP contribution in [0, 0.1) is 13.8 Å². The van der Waals surface area contributed by atoms with Crippen LogP contribution < -0.4 is 5.32 Å². The lowest BCUT2D eigenvalue weighted by Gasteiger charge is -2.17. The second kappa shape index (κ2) is 6.53. The van der Waals surface area contributed by atoms with E-state index < -0.39 is 0 Å². The molecular weight excluding hydrogens is 258 g/mol. The lowest BCUT2D eigenvalue weighted by Crippen LogP contribution is -2.25. The number of hydrogen-bond acceptors (Lipinski definition) is 3. The molecule has 1 aromatic carbocycles. The summed E-state index contributed by atoms with van der Waals surface area (Å²) in [5, 5.41) is 3.34. The maximum Gasteiger partial charge on any atom is 0.145 e. The van der Waals surface area contributed by atoms with Gasteiger partial charge in [0.25, 0.3) is 0 Å². The normalized spacial score (nSPS) is 12.2. The smallest absolute Gasteiger partial charge is 0.145 e. The van der Waals surface area contributed by atoms with Gasteiger partial charge in [0.2, 0.25) is 0 Å². The number of nitrogens with zero attached hydrogens (tertiary/aromatic N) is 2. The van der Waals surface area contributed by atoms with E-state index in [1.165, 1.54) is 5.56 Å². The third-order valence-electron chi connectivity index (χ3n) is 3.06. The molecule has 0 radical (unpaired) electrons. The Morgan fingerprint density at radius 3 is 2.53 bits per heavy atom. The van der Waals surface area contributed by atoms with E-state index in [1.54, 1.807) is 6.20 Å². The lowest BCUT2D eigenvalue weighted by atomic mass is 10.1. The molecule has 1 atom stereocenters. The van der Waals surface area contributed by atoms with E-state index in [-0.39, 0.29) is 6.04 Å². The minimum Gasteiger partial charge on any atom is -0.365 e. The van der Waals surface area contributed by atoms with E-state index in [2.05, 4.69) is 27.4 Å². The lowest BCUT2D eigenvalue weighted by molar-refractivity contribution is 0.787. The van der Waals surface area contributed by atoms with Crippen LogP contribution >= 0.6 is 11.6 Å². The van der Waals surface area contributed by atoms with Crippen molar-refractivity contribution in [1.82, 2.24) is 9.97 Å². The van der Waals surface area contributed by atoms with Gasteiger partial charge in [0.05, 0.1) is 17.6 Å². The van der Waals surface area contributed by atoms with Gasteiger partial charge in [-0.3, -0.25) is 4.98 Å². The summed E-state index contributed by atoms with van der Waals surface area (Å²) in [5.41, 5.74) is 3.16. The molecule has 1 N–H and O–H groups in total. The molecule has 0 saturated heterocycles. The summed E-state index contributed by atoms with van der Waals surface area (Å²) in [4.78, 5) is 8.77. The standard InChI is InChI=1S/C15H18ClN3/c1-11-12(2)18-15(10-17-11)19-14(9-16)8-13-6-4-3-5-7-13/h3-7,10,14H,8-9H2,1-2H3,(H,18,19). The van der Waals surface area contributed by atoms with Crippen molar-refractivity contribution in [3.8, 4) is 0 Å². The molecule has 0 aliphatic carbocycles. The minimum absolute atomic E-state index is 0.153. The highest BCUT2D eigenvalue weighted by Crippen LogP contribution is 2.11. The maximum atomic E-state index is 6.03. The van der Waals surface area contributed by atoms with Crippen molar-refractivity contribution >= 4 is 17.4 Å². The Kier molecular flexibility index (Phi) is 4.74. The van der Waals surface area contributed by atoms with E-state index in [9.17, 15) is 0 Å². The molecule has 2 aromatic rings. The van der Waals surface area contributed by atoms with E-state index >= 15 is 0 Å². The molecule has 2 rings (SSSR count). The summed E-state index contributed by atoms with van der Waals surface area (Å²) >= 11 is 6.03. The zero-order valence-electron chi connectivity index (χ0n) is 11.2. The van der Waals surface area contributed by atoms with Crippen molar-refractivity contribution in [2.75, 3.05) is 11.2 Å². The first-order valence-electron chi connectivity index (χ1n) is 6.35. The number of halogens is 1. The van der Waals surface area contributed by atoms with Crippen molar-refractivity contribution < 1.29 is 0 Å². The molecule has 0 fully saturated rings. The Bertz CT molecular complexity index is 528. The van der Waals surface area contributed by atoms with Crippen LogP contribution in [0.3, 0.4) is 0 Å². The number of aryl methyl sites for hydroxylation is 2. The van der Waals surface area contributed by atoms with Gasteiger partial charge in [-0.15, -0.1) is 11.6 Å². The average Bonchev–Trinajstić information content (AvgIpc) is 2.43. The molecule has 0 spiro atoms. The third kappa shape index (κ3) is 3.93. The largest absolute Gasteiger partial charge is 0.365 e. The molecule has 0 amide bonds. The Morgan fingerprint density at radius 2 is 1.89 bits per heavy atom. The van der Waals surface area contributed by atoms with E-state index in [4.69, 9.17) is 11.6 Å². The number of rotatable bonds is 5. The van der Waals surface area contributed by atoms with Crippen LogP contribution in [0.15, 0.2) is 36.5 Å². The zero-order chi connectivity index (χ0) is 13.7. The Balaban J connectivity index is 2.04. The quantitative estimate of drug-likeness (QED) is 0.851. The van der Waals surface area contributed by atoms with Gasteiger partial charge in [-0.25, -0.2) is 4.98 Å². The predicted molar refractivity (Wildman–Crippen MR) is 79.8 cm³/mol. The minimum atomic E-state index is 0.153. The van der Waals surface area contributed by atoms with Gasteiger partial charge in [-0.1, -0.05) is 30.3 Å². The molecule has 3 nitrogen and oxygen atoms in total. The molecule has 19 heavy (non-hydrogen) atoms. The SMILES string of the molecule is Cc1ncc(NC(CCl)Cc2ccccc2)nc1C. The summed E-state index contributed by atoms with van der Waals surface area (Å²) in [6, 6.07) is 10.5. The van der Waals surface area contributed by atoms with Crippen LogP contribution in [0.2, 0.25) is 0 Å². The van der Waals surface area contributed by atoms with Crippen LogP contribution in [0.5, 0.6) is 0 Å². The maximum absolute atomic E-state index is 6.03. The number of hydrogen-bond donors (Lipinski definition) is 1. The van der Waals surface area contributed by atoms with Crippen molar-refractivity contribution in [2.45, 2.75) is 26.3 Å². The molecule has 0 bridgehead atoms. The van der Waals surface area contributed by atoms with Crippen LogP contribution in [0.4, 0.5) is 5.82 Å². The first-order valence-corrected chi connectivity index (χ1v) is 6.89. The van der Waals surface area contributed by atoms with E-state index in [0.29, 0.717) is 5.88 Å². The monoisotopic (exact) mass is 275 g/mol. The summed E-state index contributed by atoms with van der Waals surface area (Å²) in [5.74, 6) is 1.31. The van der Waals surface area contributed by atoms with Crippen molar-refractivity contribution in [1.29, 1.82) is 0 Å². The first-order chi connectivity index (χ1) is 9.19. The molecule has 4 heteroatoms. The topological polar surface area (TPSA) is 37.8 Å². The number of alkyl halides is 1. The zero-order valence-corrected chi connectivity index (χ0v) is 12.0. The van der Waals surface area contributed by atoms with Gasteiger partial charge >= 0.3 is 0 Å². The molecule has 1 unspecified atom stereocenters. The molecule has 1 aromatic heterocycles. The summed E-state index contributed by atoms with van der Waals surface area (Å²) in [7, 11) is 0. The predicted octanol–water partition coefficient (Wildman–Crippen LogP) is 3.36. The van der Waals surface area contributed by atoms with Crippen molar-refractivity contribution in [2.24, 2.45) is 0 Å².